The first kappa shape index (κ1) is 21.2. The van der Waals surface area contributed by atoms with E-state index in [1.165, 1.54) is 25.8 Å². The number of nitrogens with zero attached hydrogens (tertiary/aromatic N) is 1. The summed E-state index contributed by atoms with van der Waals surface area (Å²) in [5.41, 5.74) is 4.99. The van der Waals surface area contributed by atoms with Crippen LogP contribution in [0.1, 0.15) is 42.1 Å². The molecular weight excluding hydrogens is 485 g/mol. The van der Waals surface area contributed by atoms with E-state index in [9.17, 15) is 0 Å². The zero-order valence-corrected chi connectivity index (χ0v) is 19.9. The van der Waals surface area contributed by atoms with Gasteiger partial charge in [0.1, 0.15) is 24.7 Å². The van der Waals surface area contributed by atoms with Crippen molar-refractivity contribution < 1.29 is 9.47 Å². The highest BCUT2D eigenvalue weighted by atomic mass is 127. The molecule has 0 bridgehead atoms. The van der Waals surface area contributed by atoms with Gasteiger partial charge in [-0.2, -0.15) is 0 Å². The molecular formula is C26H28INO2. The molecule has 0 fully saturated rings. The molecule has 3 aromatic carbocycles. The normalized spacial score (nSPS) is 18.7. The smallest absolute Gasteiger partial charge is 0.137 e. The number of ether oxygens (including phenoxy) is 2. The number of hydrogen-bond donors (Lipinski definition) is 0. The van der Waals surface area contributed by atoms with Crippen molar-refractivity contribution in [3.05, 3.63) is 92.6 Å². The Morgan fingerprint density at radius 1 is 0.867 bits per heavy atom. The van der Waals surface area contributed by atoms with Gasteiger partial charge in [0.15, 0.2) is 0 Å². The average Bonchev–Trinajstić information content (AvgIpc) is 2.78. The fourth-order valence-corrected chi connectivity index (χ4v) is 4.88. The average molecular weight is 513 g/mol. The van der Waals surface area contributed by atoms with Crippen molar-refractivity contribution in [1.82, 2.24) is 4.90 Å². The first-order chi connectivity index (χ1) is 14.5. The molecule has 3 aromatic rings. The molecule has 0 spiro atoms. The SMILES string of the molecule is C[C@@H]1Cc2c(I)c(OCc3ccccc3)cc(OCc3ccccc3)c2[C@H](C)N1C. The van der Waals surface area contributed by atoms with E-state index in [1.54, 1.807) is 0 Å². The largest absolute Gasteiger partial charge is 0.488 e. The molecule has 1 heterocycles. The van der Waals surface area contributed by atoms with Crippen LogP contribution in [0.5, 0.6) is 11.5 Å². The molecule has 30 heavy (non-hydrogen) atoms. The summed E-state index contributed by atoms with van der Waals surface area (Å²) in [4.78, 5) is 2.43. The van der Waals surface area contributed by atoms with Crippen LogP contribution in [0, 0.1) is 3.57 Å². The van der Waals surface area contributed by atoms with Crippen LogP contribution in [0.2, 0.25) is 0 Å². The van der Waals surface area contributed by atoms with Crippen molar-refractivity contribution in [3.8, 4) is 11.5 Å². The minimum absolute atomic E-state index is 0.297. The predicted molar refractivity (Wildman–Crippen MR) is 130 cm³/mol. The summed E-state index contributed by atoms with van der Waals surface area (Å²) in [6.45, 7) is 5.67. The molecule has 1 aliphatic heterocycles. The molecule has 0 aromatic heterocycles. The number of hydrogen-bond acceptors (Lipinski definition) is 3. The van der Waals surface area contributed by atoms with E-state index >= 15 is 0 Å². The molecule has 0 amide bonds. The Labute approximate surface area is 193 Å². The maximum absolute atomic E-state index is 6.38. The summed E-state index contributed by atoms with van der Waals surface area (Å²) in [7, 11) is 2.20. The van der Waals surface area contributed by atoms with Crippen LogP contribution >= 0.6 is 22.6 Å². The van der Waals surface area contributed by atoms with Crippen LogP contribution in [-0.2, 0) is 19.6 Å². The summed E-state index contributed by atoms with van der Waals surface area (Å²) in [5, 5.41) is 0. The third-order valence-corrected chi connectivity index (χ3v) is 7.21. The van der Waals surface area contributed by atoms with Gasteiger partial charge >= 0.3 is 0 Å². The zero-order valence-electron chi connectivity index (χ0n) is 17.8. The molecule has 4 heteroatoms. The number of rotatable bonds is 6. The second-order valence-corrected chi connectivity index (χ2v) is 9.10. The third-order valence-electron chi connectivity index (χ3n) is 6.03. The lowest BCUT2D eigenvalue weighted by molar-refractivity contribution is 0.171. The number of benzene rings is 3. The van der Waals surface area contributed by atoms with E-state index in [0.29, 0.717) is 25.3 Å². The van der Waals surface area contributed by atoms with Gasteiger partial charge in [0, 0.05) is 23.7 Å². The maximum atomic E-state index is 6.38. The molecule has 4 rings (SSSR count). The molecule has 0 N–H and O–H groups in total. The van der Waals surface area contributed by atoms with E-state index in [1.807, 2.05) is 24.3 Å². The molecule has 3 nitrogen and oxygen atoms in total. The lowest BCUT2D eigenvalue weighted by Crippen LogP contribution is -2.38. The lowest BCUT2D eigenvalue weighted by atomic mass is 9.89. The van der Waals surface area contributed by atoms with Gasteiger partial charge in [-0.1, -0.05) is 60.7 Å². The van der Waals surface area contributed by atoms with Crippen molar-refractivity contribution >= 4 is 22.6 Å². The molecule has 0 saturated carbocycles. The van der Waals surface area contributed by atoms with Crippen molar-refractivity contribution in [1.29, 1.82) is 0 Å². The Balaban J connectivity index is 1.68. The maximum Gasteiger partial charge on any atom is 0.137 e. The fourth-order valence-electron chi connectivity index (χ4n) is 4.05. The summed E-state index contributed by atoms with van der Waals surface area (Å²) >= 11 is 2.45. The fraction of sp³-hybridized carbons (Fsp3) is 0.308. The van der Waals surface area contributed by atoms with Crippen molar-refractivity contribution in [2.45, 2.75) is 45.6 Å². The first-order valence-corrected chi connectivity index (χ1v) is 11.5. The van der Waals surface area contributed by atoms with Crippen molar-refractivity contribution in [2.24, 2.45) is 0 Å². The Bertz CT molecular complexity index is 991. The molecule has 0 radical (unpaired) electrons. The molecule has 0 aliphatic carbocycles. The van der Waals surface area contributed by atoms with Gasteiger partial charge < -0.3 is 9.47 Å². The van der Waals surface area contributed by atoms with Crippen LogP contribution in [0.3, 0.4) is 0 Å². The Morgan fingerprint density at radius 2 is 1.40 bits per heavy atom. The van der Waals surface area contributed by atoms with Crippen LogP contribution in [0.25, 0.3) is 0 Å². The predicted octanol–water partition coefficient (Wildman–Crippen LogP) is 6.39. The minimum atomic E-state index is 0.297. The molecule has 2 atom stereocenters. The monoisotopic (exact) mass is 513 g/mol. The molecule has 0 saturated heterocycles. The molecule has 0 unspecified atom stereocenters. The standard InChI is InChI=1S/C26H28INO2/c1-18-14-22-25(19(2)28(18)3)23(29-16-20-10-6-4-7-11-20)15-24(26(22)27)30-17-21-12-8-5-9-13-21/h4-13,15,18-19H,14,16-17H2,1-3H3/t18-,19+/m1/s1. The van der Waals surface area contributed by atoms with Crippen LogP contribution in [-0.4, -0.2) is 18.0 Å². The summed E-state index contributed by atoms with van der Waals surface area (Å²) in [6, 6.07) is 23.5. The quantitative estimate of drug-likeness (QED) is 0.357. The molecule has 1 aliphatic rings. The highest BCUT2D eigenvalue weighted by Crippen LogP contribution is 2.44. The second kappa shape index (κ2) is 9.40. The molecule has 156 valence electrons. The Hall–Kier alpha value is -2.05. The summed E-state index contributed by atoms with van der Waals surface area (Å²) < 4.78 is 13.9. The summed E-state index contributed by atoms with van der Waals surface area (Å²) in [6.07, 6.45) is 0.999. The number of halogens is 1. The van der Waals surface area contributed by atoms with Crippen molar-refractivity contribution in [3.63, 3.8) is 0 Å². The van der Waals surface area contributed by atoms with Gasteiger partial charge in [0.2, 0.25) is 0 Å². The van der Waals surface area contributed by atoms with Gasteiger partial charge in [0.05, 0.1) is 3.57 Å². The van der Waals surface area contributed by atoms with E-state index in [0.717, 1.165) is 17.9 Å². The summed E-state index contributed by atoms with van der Waals surface area (Å²) in [5.74, 6) is 1.84. The van der Waals surface area contributed by atoms with Gasteiger partial charge in [0.25, 0.3) is 0 Å². The second-order valence-electron chi connectivity index (χ2n) is 8.02. The van der Waals surface area contributed by atoms with E-state index in [2.05, 4.69) is 90.9 Å². The minimum Gasteiger partial charge on any atom is -0.488 e. The van der Waals surface area contributed by atoms with Gasteiger partial charge in [-0.25, -0.2) is 0 Å². The van der Waals surface area contributed by atoms with Crippen LogP contribution in [0.15, 0.2) is 66.7 Å². The van der Waals surface area contributed by atoms with E-state index < -0.39 is 0 Å². The number of fused-ring (bicyclic) bond motifs is 1. The van der Waals surface area contributed by atoms with Gasteiger partial charge in [-0.15, -0.1) is 0 Å². The Morgan fingerprint density at radius 3 is 1.97 bits per heavy atom. The third kappa shape index (κ3) is 4.49. The van der Waals surface area contributed by atoms with Crippen LogP contribution < -0.4 is 9.47 Å². The van der Waals surface area contributed by atoms with Gasteiger partial charge in [-0.3, -0.25) is 4.90 Å². The van der Waals surface area contributed by atoms with E-state index in [4.69, 9.17) is 9.47 Å². The Kier molecular flexibility index (Phi) is 6.64. The highest BCUT2D eigenvalue weighted by Gasteiger charge is 2.32. The highest BCUT2D eigenvalue weighted by molar-refractivity contribution is 14.1. The zero-order chi connectivity index (χ0) is 21.1. The van der Waals surface area contributed by atoms with E-state index in [-0.39, 0.29) is 0 Å². The number of likely N-dealkylation sites (N-methyl/N-ethyl adjacent to an activating group) is 1. The van der Waals surface area contributed by atoms with Crippen molar-refractivity contribution in [2.75, 3.05) is 7.05 Å². The first-order valence-electron chi connectivity index (χ1n) is 10.4. The lowest BCUT2D eigenvalue weighted by Gasteiger charge is -2.39. The topological polar surface area (TPSA) is 21.7 Å². The van der Waals surface area contributed by atoms with Crippen LogP contribution in [0.4, 0.5) is 0 Å². The van der Waals surface area contributed by atoms with Gasteiger partial charge in [-0.05, 0) is 66.6 Å².